The molecule has 0 spiro atoms. The van der Waals surface area contributed by atoms with Gasteiger partial charge in [-0.3, -0.25) is 13.9 Å². The van der Waals surface area contributed by atoms with Crippen molar-refractivity contribution in [3.8, 4) is 0 Å². The molecule has 130 valence electrons. The van der Waals surface area contributed by atoms with Gasteiger partial charge in [-0.25, -0.2) is 9.79 Å². The molecular weight excluding hydrogens is 328 g/mol. The maximum Gasteiger partial charge on any atom is 0.332 e. The van der Waals surface area contributed by atoms with Gasteiger partial charge in [-0.2, -0.15) is 0 Å². The Bertz CT molecular complexity index is 1110. The van der Waals surface area contributed by atoms with Gasteiger partial charge in [0.25, 0.3) is 5.56 Å². The summed E-state index contributed by atoms with van der Waals surface area (Å²) in [6, 6.07) is 19.4. The molecule has 0 radical (unpaired) electrons. The molecule has 4 rings (SSSR count). The van der Waals surface area contributed by atoms with Crippen LogP contribution in [0.4, 0.5) is 11.5 Å². The van der Waals surface area contributed by atoms with Gasteiger partial charge in [0.15, 0.2) is 5.69 Å². The Balaban J connectivity index is 2.01. The number of anilines is 1. The molecule has 6 heteroatoms. The van der Waals surface area contributed by atoms with E-state index in [2.05, 4.69) is 5.32 Å². The third kappa shape index (κ3) is 2.47. The second-order valence-corrected chi connectivity index (χ2v) is 6.25. The van der Waals surface area contributed by atoms with E-state index in [1.165, 1.54) is 11.6 Å². The average Bonchev–Trinajstić information content (AvgIpc) is 2.71. The molecule has 1 aliphatic rings. The summed E-state index contributed by atoms with van der Waals surface area (Å²) in [5.41, 5.74) is 2.15. The molecule has 0 aliphatic carbocycles. The molecule has 1 aliphatic heterocycles. The minimum Gasteiger partial charge on any atom is -0.357 e. The first-order chi connectivity index (χ1) is 12.6. The van der Waals surface area contributed by atoms with Gasteiger partial charge in [0.1, 0.15) is 5.82 Å². The summed E-state index contributed by atoms with van der Waals surface area (Å²) >= 11 is 0. The molecule has 6 nitrogen and oxygen atoms in total. The SMILES string of the molecule is Cn1c2c(c(=O)n(C)c1=O)N=C(c1ccccc1)C(c1ccccc1)N2. The zero-order chi connectivity index (χ0) is 18.3. The number of hydrogen-bond acceptors (Lipinski definition) is 4. The lowest BCUT2D eigenvalue weighted by atomic mass is 9.95. The van der Waals surface area contributed by atoms with Crippen LogP contribution in [0.25, 0.3) is 0 Å². The van der Waals surface area contributed by atoms with E-state index in [9.17, 15) is 9.59 Å². The quantitative estimate of drug-likeness (QED) is 0.775. The average molecular weight is 346 g/mol. The Labute approximate surface area is 150 Å². The molecule has 26 heavy (non-hydrogen) atoms. The van der Waals surface area contributed by atoms with E-state index in [0.29, 0.717) is 5.82 Å². The number of aromatic nitrogens is 2. The smallest absolute Gasteiger partial charge is 0.332 e. The number of hydrogen-bond donors (Lipinski definition) is 1. The summed E-state index contributed by atoms with van der Waals surface area (Å²) < 4.78 is 2.51. The van der Waals surface area contributed by atoms with E-state index in [4.69, 9.17) is 4.99 Å². The monoisotopic (exact) mass is 346 g/mol. The fourth-order valence-electron chi connectivity index (χ4n) is 3.21. The van der Waals surface area contributed by atoms with Gasteiger partial charge in [-0.1, -0.05) is 60.7 Å². The topological polar surface area (TPSA) is 68.4 Å². The third-order valence-electron chi connectivity index (χ3n) is 4.63. The first-order valence-electron chi connectivity index (χ1n) is 8.33. The van der Waals surface area contributed by atoms with Gasteiger partial charge in [0.05, 0.1) is 11.8 Å². The van der Waals surface area contributed by atoms with E-state index < -0.39 is 5.56 Å². The minimum absolute atomic E-state index is 0.251. The van der Waals surface area contributed by atoms with Gasteiger partial charge in [-0.05, 0) is 11.1 Å². The van der Waals surface area contributed by atoms with Crippen molar-refractivity contribution < 1.29 is 0 Å². The van der Waals surface area contributed by atoms with E-state index in [1.807, 2.05) is 60.7 Å². The van der Waals surface area contributed by atoms with Crippen LogP contribution < -0.4 is 16.6 Å². The summed E-state index contributed by atoms with van der Waals surface area (Å²) in [6.07, 6.45) is 0. The van der Waals surface area contributed by atoms with Gasteiger partial charge in [0.2, 0.25) is 0 Å². The van der Waals surface area contributed by atoms with E-state index >= 15 is 0 Å². The van der Waals surface area contributed by atoms with Crippen molar-refractivity contribution in [3.05, 3.63) is 92.6 Å². The van der Waals surface area contributed by atoms with Gasteiger partial charge >= 0.3 is 5.69 Å². The lowest BCUT2D eigenvalue weighted by Gasteiger charge is -2.28. The van der Waals surface area contributed by atoms with Crippen LogP contribution in [-0.4, -0.2) is 14.8 Å². The molecule has 2 aromatic carbocycles. The zero-order valence-corrected chi connectivity index (χ0v) is 14.5. The highest BCUT2D eigenvalue weighted by molar-refractivity contribution is 6.09. The fourth-order valence-corrected chi connectivity index (χ4v) is 3.21. The minimum atomic E-state index is -0.407. The second-order valence-electron chi connectivity index (χ2n) is 6.25. The van der Waals surface area contributed by atoms with E-state index in [0.717, 1.165) is 21.4 Å². The van der Waals surface area contributed by atoms with Crippen LogP contribution in [0.15, 0.2) is 75.2 Å². The number of benzene rings is 2. The van der Waals surface area contributed by atoms with Gasteiger partial charge in [-0.15, -0.1) is 0 Å². The highest BCUT2D eigenvalue weighted by Gasteiger charge is 2.29. The maximum absolute atomic E-state index is 12.6. The van der Waals surface area contributed by atoms with Crippen molar-refractivity contribution >= 4 is 17.2 Å². The summed E-state index contributed by atoms with van der Waals surface area (Å²) in [6.45, 7) is 0. The van der Waals surface area contributed by atoms with E-state index in [1.54, 1.807) is 7.05 Å². The number of aliphatic imine (C=N–C) groups is 1. The number of rotatable bonds is 2. The first-order valence-corrected chi connectivity index (χ1v) is 8.33. The number of fused-ring (bicyclic) bond motifs is 1. The van der Waals surface area contributed by atoms with Crippen LogP contribution in [0.3, 0.4) is 0 Å². The molecule has 1 atom stereocenters. The maximum atomic E-state index is 12.6. The highest BCUT2D eigenvalue weighted by Crippen LogP contribution is 2.33. The molecule has 1 aromatic heterocycles. The van der Waals surface area contributed by atoms with Crippen LogP contribution in [-0.2, 0) is 14.1 Å². The fraction of sp³-hybridized carbons (Fsp3) is 0.150. The predicted octanol–water partition coefficient (Wildman–Crippen LogP) is 2.37. The van der Waals surface area contributed by atoms with Crippen LogP contribution in [0.5, 0.6) is 0 Å². The molecule has 1 N–H and O–H groups in total. The Hall–Kier alpha value is -3.41. The highest BCUT2D eigenvalue weighted by atomic mass is 16.2. The molecule has 0 saturated heterocycles. The molecule has 0 amide bonds. The summed E-state index contributed by atoms with van der Waals surface area (Å²) in [5, 5.41) is 3.36. The van der Waals surface area contributed by atoms with E-state index in [-0.39, 0.29) is 17.4 Å². The molecule has 2 heterocycles. The second kappa shape index (κ2) is 6.15. The molecule has 0 fully saturated rings. The molecule has 0 saturated carbocycles. The summed E-state index contributed by atoms with van der Waals surface area (Å²) in [7, 11) is 3.10. The van der Waals surface area contributed by atoms with Gasteiger partial charge < -0.3 is 5.32 Å². The van der Waals surface area contributed by atoms with Crippen molar-refractivity contribution in [2.24, 2.45) is 19.1 Å². The van der Waals surface area contributed by atoms with Crippen LogP contribution >= 0.6 is 0 Å². The number of nitrogens with zero attached hydrogens (tertiary/aromatic N) is 3. The Morgan fingerprint density at radius 2 is 1.50 bits per heavy atom. The lowest BCUT2D eigenvalue weighted by Crippen LogP contribution is -2.40. The largest absolute Gasteiger partial charge is 0.357 e. The normalized spacial score (nSPS) is 15.8. The van der Waals surface area contributed by atoms with Crippen LogP contribution in [0, 0.1) is 0 Å². The molecule has 3 aromatic rings. The first kappa shape index (κ1) is 16.1. The van der Waals surface area contributed by atoms with Crippen LogP contribution in [0.2, 0.25) is 0 Å². The Morgan fingerprint density at radius 1 is 0.885 bits per heavy atom. The Kier molecular flexibility index (Phi) is 3.80. The van der Waals surface area contributed by atoms with Crippen molar-refractivity contribution in [1.29, 1.82) is 0 Å². The third-order valence-corrected chi connectivity index (χ3v) is 4.63. The van der Waals surface area contributed by atoms with Crippen molar-refractivity contribution in [3.63, 3.8) is 0 Å². The standard InChI is InChI=1S/C20H18N4O2/c1-23-18-17(19(25)24(2)20(23)26)21-15(13-9-5-3-6-10-13)16(22-18)14-11-7-4-8-12-14/h3-12,16,22H,1-2H3. The summed E-state index contributed by atoms with van der Waals surface area (Å²) in [4.78, 5) is 29.6. The van der Waals surface area contributed by atoms with Crippen molar-refractivity contribution in [1.82, 2.24) is 9.13 Å². The summed E-state index contributed by atoms with van der Waals surface area (Å²) in [5.74, 6) is 0.437. The molecule has 0 bridgehead atoms. The van der Waals surface area contributed by atoms with Gasteiger partial charge in [0, 0.05) is 14.1 Å². The van der Waals surface area contributed by atoms with Crippen molar-refractivity contribution in [2.75, 3.05) is 5.32 Å². The predicted molar refractivity (Wildman–Crippen MR) is 102 cm³/mol. The van der Waals surface area contributed by atoms with Crippen molar-refractivity contribution in [2.45, 2.75) is 6.04 Å². The number of nitrogens with one attached hydrogen (secondary N) is 1. The zero-order valence-electron chi connectivity index (χ0n) is 14.5. The lowest BCUT2D eigenvalue weighted by molar-refractivity contribution is 0.685. The molecular formula is C20H18N4O2. The van der Waals surface area contributed by atoms with Crippen LogP contribution in [0.1, 0.15) is 17.2 Å². The Morgan fingerprint density at radius 3 is 2.15 bits per heavy atom. The molecule has 1 unspecified atom stereocenters.